The minimum absolute atomic E-state index is 0.178. The highest BCUT2D eigenvalue weighted by atomic mass is 19.1. The zero-order valence-electron chi connectivity index (χ0n) is 14.1. The molecule has 25 heavy (non-hydrogen) atoms. The zero-order valence-corrected chi connectivity index (χ0v) is 14.1. The van der Waals surface area contributed by atoms with Crippen molar-refractivity contribution in [1.82, 2.24) is 14.9 Å². The summed E-state index contributed by atoms with van der Waals surface area (Å²) in [6.45, 7) is 3.70. The van der Waals surface area contributed by atoms with Gasteiger partial charge >= 0.3 is 12.0 Å². The normalized spacial score (nSPS) is 17.2. The molecule has 0 radical (unpaired) electrons. The Balaban J connectivity index is 1.50. The fourth-order valence-corrected chi connectivity index (χ4v) is 2.77. The van der Waals surface area contributed by atoms with Gasteiger partial charge in [0.1, 0.15) is 5.82 Å². The lowest BCUT2D eigenvalue weighted by molar-refractivity contribution is 0.140. The maximum absolute atomic E-state index is 12.9. The van der Waals surface area contributed by atoms with Crippen LogP contribution in [0.1, 0.15) is 18.4 Å². The molecule has 132 valence electrons. The summed E-state index contributed by atoms with van der Waals surface area (Å²) in [7, 11) is 0. The molecule has 1 unspecified atom stereocenters. The van der Waals surface area contributed by atoms with Crippen LogP contribution in [0.5, 0.6) is 6.01 Å². The second-order valence-corrected chi connectivity index (χ2v) is 6.25. The molecule has 3 rings (SSSR count). The van der Waals surface area contributed by atoms with Crippen LogP contribution in [-0.4, -0.2) is 40.6 Å². The van der Waals surface area contributed by atoms with Crippen molar-refractivity contribution in [2.45, 2.75) is 19.8 Å². The van der Waals surface area contributed by atoms with Crippen LogP contribution in [0, 0.1) is 18.7 Å². The zero-order chi connectivity index (χ0) is 17.6. The van der Waals surface area contributed by atoms with Gasteiger partial charge in [-0.2, -0.15) is 0 Å². The molecule has 1 aliphatic rings. The first kappa shape index (κ1) is 17.1. The van der Waals surface area contributed by atoms with Crippen LogP contribution in [-0.2, 0) is 0 Å². The third-order valence-electron chi connectivity index (χ3n) is 4.11. The Bertz CT molecular complexity index is 706. The highest BCUT2D eigenvalue weighted by molar-refractivity contribution is 5.89. The van der Waals surface area contributed by atoms with Gasteiger partial charge in [0.2, 0.25) is 0 Å². The molecule has 1 aromatic carbocycles. The summed E-state index contributed by atoms with van der Waals surface area (Å²) in [5, 5.41) is 2.79. The highest BCUT2D eigenvalue weighted by Gasteiger charge is 2.24. The maximum Gasteiger partial charge on any atom is 0.321 e. The number of rotatable bonds is 4. The van der Waals surface area contributed by atoms with Crippen molar-refractivity contribution in [3.63, 3.8) is 0 Å². The Morgan fingerprint density at radius 1 is 1.32 bits per heavy atom. The van der Waals surface area contributed by atoms with Gasteiger partial charge in [0.25, 0.3) is 0 Å². The Morgan fingerprint density at radius 2 is 2.04 bits per heavy atom. The standard InChI is InChI=1S/C18H21FN4O2/c1-13-9-20-17(21-10-13)25-12-14-3-2-8-23(11-14)18(24)22-16-6-4-15(19)5-7-16/h4-7,9-10,14H,2-3,8,11-12H2,1H3,(H,22,24). The molecule has 1 atom stereocenters. The van der Waals surface area contributed by atoms with Crippen LogP contribution in [0.4, 0.5) is 14.9 Å². The molecule has 6 nitrogen and oxygen atoms in total. The first-order valence-electron chi connectivity index (χ1n) is 8.33. The molecule has 1 fully saturated rings. The summed E-state index contributed by atoms with van der Waals surface area (Å²) >= 11 is 0. The smallest absolute Gasteiger partial charge is 0.321 e. The Labute approximate surface area is 146 Å². The number of amides is 2. The van der Waals surface area contributed by atoms with Gasteiger partial charge in [-0.15, -0.1) is 0 Å². The van der Waals surface area contributed by atoms with E-state index in [1.165, 1.54) is 12.1 Å². The number of nitrogens with one attached hydrogen (secondary N) is 1. The number of halogens is 1. The highest BCUT2D eigenvalue weighted by Crippen LogP contribution is 2.19. The summed E-state index contributed by atoms with van der Waals surface area (Å²) in [6, 6.07) is 5.92. The van der Waals surface area contributed by atoms with Crippen molar-refractivity contribution >= 4 is 11.7 Å². The van der Waals surface area contributed by atoms with E-state index in [4.69, 9.17) is 4.74 Å². The fraction of sp³-hybridized carbons (Fsp3) is 0.389. The average molecular weight is 344 g/mol. The molecule has 1 N–H and O–H groups in total. The molecule has 2 heterocycles. The number of benzene rings is 1. The summed E-state index contributed by atoms with van der Waals surface area (Å²) in [5.74, 6) is -0.0934. The van der Waals surface area contributed by atoms with Crippen LogP contribution in [0.3, 0.4) is 0 Å². The van der Waals surface area contributed by atoms with E-state index in [1.54, 1.807) is 29.4 Å². The third-order valence-corrected chi connectivity index (χ3v) is 4.11. The van der Waals surface area contributed by atoms with E-state index in [1.807, 2.05) is 6.92 Å². The minimum Gasteiger partial charge on any atom is -0.463 e. The van der Waals surface area contributed by atoms with Crippen LogP contribution < -0.4 is 10.1 Å². The summed E-state index contributed by atoms with van der Waals surface area (Å²) in [6.07, 6.45) is 5.34. The summed E-state index contributed by atoms with van der Waals surface area (Å²) < 4.78 is 18.6. The molecule has 0 aliphatic carbocycles. The number of carbonyl (C=O) groups is 1. The summed E-state index contributed by atoms with van der Waals surface area (Å²) in [4.78, 5) is 22.4. The maximum atomic E-state index is 12.9. The van der Waals surface area contributed by atoms with Gasteiger partial charge in [-0.1, -0.05) is 0 Å². The molecular formula is C18H21FN4O2. The van der Waals surface area contributed by atoms with Crippen LogP contribution >= 0.6 is 0 Å². The number of hydrogen-bond acceptors (Lipinski definition) is 4. The number of aromatic nitrogens is 2. The number of likely N-dealkylation sites (tertiary alicyclic amines) is 1. The van der Waals surface area contributed by atoms with Crippen LogP contribution in [0.2, 0.25) is 0 Å². The van der Waals surface area contributed by atoms with Gasteiger partial charge in [-0.25, -0.2) is 19.2 Å². The number of piperidine rings is 1. The molecule has 1 saturated heterocycles. The van der Waals surface area contributed by atoms with Crippen molar-refractivity contribution in [2.24, 2.45) is 5.92 Å². The van der Waals surface area contributed by atoms with Crippen LogP contribution in [0.15, 0.2) is 36.7 Å². The molecular weight excluding hydrogens is 323 g/mol. The van der Waals surface area contributed by atoms with Crippen molar-refractivity contribution in [1.29, 1.82) is 0 Å². The van der Waals surface area contributed by atoms with Gasteiger partial charge in [0, 0.05) is 37.1 Å². The van der Waals surface area contributed by atoms with Gasteiger partial charge in [0.15, 0.2) is 0 Å². The van der Waals surface area contributed by atoms with E-state index in [0.29, 0.717) is 31.4 Å². The lowest BCUT2D eigenvalue weighted by atomic mass is 9.99. The first-order valence-corrected chi connectivity index (χ1v) is 8.33. The van der Waals surface area contributed by atoms with E-state index in [0.717, 1.165) is 18.4 Å². The van der Waals surface area contributed by atoms with Gasteiger partial charge in [-0.05, 0) is 49.6 Å². The van der Waals surface area contributed by atoms with E-state index < -0.39 is 0 Å². The van der Waals surface area contributed by atoms with E-state index in [2.05, 4.69) is 15.3 Å². The molecule has 1 aliphatic heterocycles. The summed E-state index contributed by atoms with van der Waals surface area (Å²) in [5.41, 5.74) is 1.56. The number of ether oxygens (including phenoxy) is 1. The monoisotopic (exact) mass is 344 g/mol. The molecule has 2 aromatic rings. The van der Waals surface area contributed by atoms with Crippen LogP contribution in [0.25, 0.3) is 0 Å². The lowest BCUT2D eigenvalue weighted by Gasteiger charge is -2.32. The topological polar surface area (TPSA) is 67.3 Å². The second-order valence-electron chi connectivity index (χ2n) is 6.25. The lowest BCUT2D eigenvalue weighted by Crippen LogP contribution is -2.43. The number of urea groups is 1. The second kappa shape index (κ2) is 7.92. The largest absolute Gasteiger partial charge is 0.463 e. The van der Waals surface area contributed by atoms with Crippen molar-refractivity contribution in [3.05, 3.63) is 48.0 Å². The van der Waals surface area contributed by atoms with Gasteiger partial charge < -0.3 is 15.0 Å². The third kappa shape index (κ3) is 4.89. The fourth-order valence-electron chi connectivity index (χ4n) is 2.77. The predicted octanol–water partition coefficient (Wildman–Crippen LogP) is 3.25. The predicted molar refractivity (Wildman–Crippen MR) is 92.0 cm³/mol. The first-order chi connectivity index (χ1) is 12.1. The van der Waals surface area contributed by atoms with Crippen molar-refractivity contribution in [3.8, 4) is 6.01 Å². The Kier molecular flexibility index (Phi) is 5.42. The van der Waals surface area contributed by atoms with E-state index in [9.17, 15) is 9.18 Å². The number of nitrogens with zero attached hydrogens (tertiary/aromatic N) is 3. The van der Waals surface area contributed by atoms with Gasteiger partial charge in [-0.3, -0.25) is 0 Å². The number of aryl methyl sites for hydroxylation is 1. The molecule has 0 spiro atoms. The molecule has 0 saturated carbocycles. The SMILES string of the molecule is Cc1cnc(OCC2CCCN(C(=O)Nc3ccc(F)cc3)C2)nc1. The van der Waals surface area contributed by atoms with Crippen molar-refractivity contribution in [2.75, 3.05) is 25.0 Å². The Hall–Kier alpha value is -2.70. The van der Waals surface area contributed by atoms with Crippen molar-refractivity contribution < 1.29 is 13.9 Å². The van der Waals surface area contributed by atoms with Gasteiger partial charge in [0.05, 0.1) is 6.61 Å². The molecule has 1 aromatic heterocycles. The quantitative estimate of drug-likeness (QED) is 0.924. The minimum atomic E-state index is -0.327. The number of hydrogen-bond donors (Lipinski definition) is 1. The molecule has 7 heteroatoms. The van der Waals surface area contributed by atoms with E-state index >= 15 is 0 Å². The average Bonchev–Trinajstić information content (AvgIpc) is 2.63. The molecule has 2 amide bonds. The number of carbonyl (C=O) groups excluding carboxylic acids is 1. The van der Waals surface area contributed by atoms with E-state index in [-0.39, 0.29) is 17.8 Å². The molecule has 0 bridgehead atoms. The number of anilines is 1. The Morgan fingerprint density at radius 3 is 2.76 bits per heavy atom.